The number of likely N-dealkylation sites (tertiary alicyclic amines) is 1. The zero-order chi connectivity index (χ0) is 21.0. The monoisotopic (exact) mass is 399 g/mol. The van der Waals surface area contributed by atoms with Gasteiger partial charge in [0.1, 0.15) is 6.67 Å². The number of nitro benzene ring substituents is 1. The zero-order valence-electron chi connectivity index (χ0n) is 16.2. The molecule has 29 heavy (non-hydrogen) atoms. The van der Waals surface area contributed by atoms with Gasteiger partial charge in [-0.15, -0.1) is 0 Å². The van der Waals surface area contributed by atoms with E-state index >= 15 is 0 Å². The summed E-state index contributed by atoms with van der Waals surface area (Å²) < 4.78 is 10.5. The fraction of sp³-hybridized carbons (Fsp3) is 0.300. The van der Waals surface area contributed by atoms with Gasteiger partial charge in [0.25, 0.3) is 11.6 Å². The lowest BCUT2D eigenvalue weighted by molar-refractivity contribution is -0.384. The lowest BCUT2D eigenvalue weighted by atomic mass is 10.1. The largest absolute Gasteiger partial charge is 0.493 e. The number of anilines is 1. The molecule has 0 bridgehead atoms. The molecule has 0 atom stereocenters. The smallest absolute Gasteiger partial charge is 0.269 e. The third-order valence-corrected chi connectivity index (χ3v) is 4.73. The number of benzene rings is 2. The SMILES string of the molecule is COc1ccc(C(=O)N(CN2CCCC2=O)c2ccc([N+](=O)[O-])cc2)cc1OC. The van der Waals surface area contributed by atoms with Crippen molar-refractivity contribution in [3.05, 3.63) is 58.1 Å². The first kappa shape index (κ1) is 20.1. The highest BCUT2D eigenvalue weighted by molar-refractivity contribution is 6.06. The fourth-order valence-electron chi connectivity index (χ4n) is 3.17. The third kappa shape index (κ3) is 4.29. The Morgan fingerprint density at radius 3 is 2.38 bits per heavy atom. The molecule has 1 aliphatic heterocycles. The van der Waals surface area contributed by atoms with Crippen LogP contribution in [-0.2, 0) is 4.79 Å². The average Bonchev–Trinajstić information content (AvgIpc) is 3.15. The van der Waals surface area contributed by atoms with Crippen molar-refractivity contribution in [3.63, 3.8) is 0 Å². The summed E-state index contributed by atoms with van der Waals surface area (Å²) in [5.41, 5.74) is 0.715. The molecule has 0 N–H and O–H groups in total. The standard InChI is InChI=1S/C20H21N3O6/c1-28-17-10-5-14(12-18(17)29-2)20(25)22(13-21-11-3-4-19(21)24)15-6-8-16(9-7-15)23(26)27/h5-10,12H,3-4,11,13H2,1-2H3. The Balaban J connectivity index is 1.96. The summed E-state index contributed by atoms with van der Waals surface area (Å²) in [6.07, 6.45) is 1.18. The van der Waals surface area contributed by atoms with E-state index in [-0.39, 0.29) is 24.2 Å². The van der Waals surface area contributed by atoms with Crippen molar-refractivity contribution in [3.8, 4) is 11.5 Å². The maximum Gasteiger partial charge on any atom is 0.269 e. The predicted octanol–water partition coefficient (Wildman–Crippen LogP) is 2.84. The molecule has 0 aliphatic carbocycles. The van der Waals surface area contributed by atoms with Crippen LogP contribution in [-0.4, -0.2) is 49.1 Å². The quantitative estimate of drug-likeness (QED) is 0.524. The van der Waals surface area contributed by atoms with E-state index in [9.17, 15) is 19.7 Å². The number of methoxy groups -OCH3 is 2. The van der Waals surface area contributed by atoms with Crippen LogP contribution >= 0.6 is 0 Å². The normalized spacial score (nSPS) is 13.3. The fourth-order valence-corrected chi connectivity index (χ4v) is 3.17. The predicted molar refractivity (Wildman–Crippen MR) is 105 cm³/mol. The van der Waals surface area contributed by atoms with Crippen LogP contribution in [0.2, 0.25) is 0 Å². The molecule has 3 rings (SSSR count). The number of carbonyl (C=O) groups is 2. The van der Waals surface area contributed by atoms with Gasteiger partial charge in [0.2, 0.25) is 5.91 Å². The number of non-ortho nitro benzene ring substituents is 1. The van der Waals surface area contributed by atoms with Crippen molar-refractivity contribution in [2.24, 2.45) is 0 Å². The summed E-state index contributed by atoms with van der Waals surface area (Å²) in [7, 11) is 2.98. The van der Waals surface area contributed by atoms with Gasteiger partial charge in [0, 0.05) is 36.3 Å². The highest BCUT2D eigenvalue weighted by Crippen LogP contribution is 2.29. The lowest BCUT2D eigenvalue weighted by Crippen LogP contribution is -2.42. The summed E-state index contributed by atoms with van der Waals surface area (Å²) in [5, 5.41) is 10.9. The summed E-state index contributed by atoms with van der Waals surface area (Å²) in [5.74, 6) is 0.497. The third-order valence-electron chi connectivity index (χ3n) is 4.73. The summed E-state index contributed by atoms with van der Waals surface area (Å²) in [4.78, 5) is 38.8. The lowest BCUT2D eigenvalue weighted by Gasteiger charge is -2.28. The van der Waals surface area contributed by atoms with E-state index in [1.54, 1.807) is 23.1 Å². The summed E-state index contributed by atoms with van der Waals surface area (Å²) in [6, 6.07) is 10.4. The number of nitrogens with zero attached hydrogens (tertiary/aromatic N) is 3. The van der Waals surface area contributed by atoms with Crippen molar-refractivity contribution in [1.29, 1.82) is 0 Å². The maximum atomic E-state index is 13.3. The Labute approximate surface area is 167 Å². The molecule has 2 amide bonds. The van der Waals surface area contributed by atoms with Crippen molar-refractivity contribution >= 4 is 23.2 Å². The second-order valence-electron chi connectivity index (χ2n) is 6.48. The Bertz CT molecular complexity index is 928. The zero-order valence-corrected chi connectivity index (χ0v) is 16.2. The van der Waals surface area contributed by atoms with Crippen LogP contribution in [0.1, 0.15) is 23.2 Å². The average molecular weight is 399 g/mol. The van der Waals surface area contributed by atoms with Crippen LogP contribution in [0.5, 0.6) is 11.5 Å². The minimum absolute atomic E-state index is 0.0305. The van der Waals surface area contributed by atoms with Gasteiger partial charge in [-0.25, -0.2) is 0 Å². The summed E-state index contributed by atoms with van der Waals surface area (Å²) in [6.45, 7) is 0.616. The van der Waals surface area contributed by atoms with Crippen LogP contribution in [0.25, 0.3) is 0 Å². The molecule has 0 aromatic heterocycles. The molecule has 0 saturated carbocycles. The van der Waals surface area contributed by atoms with Gasteiger partial charge in [-0.05, 0) is 36.8 Å². The molecular formula is C20H21N3O6. The minimum Gasteiger partial charge on any atom is -0.493 e. The molecule has 1 heterocycles. The van der Waals surface area contributed by atoms with Crippen molar-refractivity contribution in [2.75, 3.05) is 32.3 Å². The highest BCUT2D eigenvalue weighted by Gasteiger charge is 2.27. The van der Waals surface area contributed by atoms with Gasteiger partial charge in [-0.3, -0.25) is 24.6 Å². The van der Waals surface area contributed by atoms with Crippen molar-refractivity contribution in [2.45, 2.75) is 12.8 Å². The number of nitro groups is 1. The van der Waals surface area contributed by atoms with E-state index in [4.69, 9.17) is 9.47 Å². The first-order valence-electron chi connectivity index (χ1n) is 9.00. The number of ether oxygens (including phenoxy) is 2. The van der Waals surface area contributed by atoms with Gasteiger partial charge in [-0.1, -0.05) is 0 Å². The molecule has 0 unspecified atom stereocenters. The van der Waals surface area contributed by atoms with E-state index < -0.39 is 4.92 Å². The van der Waals surface area contributed by atoms with E-state index in [1.807, 2.05) is 0 Å². The molecule has 9 nitrogen and oxygen atoms in total. The molecule has 1 fully saturated rings. The molecule has 2 aromatic carbocycles. The molecule has 9 heteroatoms. The van der Waals surface area contributed by atoms with E-state index in [0.29, 0.717) is 35.7 Å². The molecule has 0 radical (unpaired) electrons. The van der Waals surface area contributed by atoms with E-state index in [0.717, 1.165) is 6.42 Å². The van der Waals surface area contributed by atoms with Gasteiger partial charge < -0.3 is 14.4 Å². The van der Waals surface area contributed by atoms with Gasteiger partial charge in [0.05, 0.1) is 19.1 Å². The Kier molecular flexibility index (Phi) is 5.96. The molecular weight excluding hydrogens is 378 g/mol. The van der Waals surface area contributed by atoms with Gasteiger partial charge in [-0.2, -0.15) is 0 Å². The highest BCUT2D eigenvalue weighted by atomic mass is 16.6. The second kappa shape index (κ2) is 8.59. The molecule has 1 aliphatic rings. The van der Waals surface area contributed by atoms with Crippen LogP contribution in [0.15, 0.2) is 42.5 Å². The van der Waals surface area contributed by atoms with E-state index in [1.165, 1.54) is 43.4 Å². The van der Waals surface area contributed by atoms with Crippen LogP contribution < -0.4 is 14.4 Å². The van der Waals surface area contributed by atoms with Gasteiger partial charge in [0.15, 0.2) is 11.5 Å². The Morgan fingerprint density at radius 2 is 1.83 bits per heavy atom. The van der Waals surface area contributed by atoms with Gasteiger partial charge >= 0.3 is 0 Å². The first-order valence-corrected chi connectivity index (χ1v) is 9.00. The Hall–Kier alpha value is -3.62. The number of hydrogen-bond donors (Lipinski definition) is 0. The van der Waals surface area contributed by atoms with Crippen molar-refractivity contribution < 1.29 is 24.0 Å². The second-order valence-corrected chi connectivity index (χ2v) is 6.48. The number of carbonyl (C=O) groups excluding carboxylic acids is 2. The minimum atomic E-state index is -0.506. The molecule has 2 aromatic rings. The summed E-state index contributed by atoms with van der Waals surface area (Å²) >= 11 is 0. The first-order chi connectivity index (χ1) is 13.9. The number of rotatable bonds is 7. The topological polar surface area (TPSA) is 102 Å². The Morgan fingerprint density at radius 1 is 1.14 bits per heavy atom. The van der Waals surface area contributed by atoms with Crippen LogP contribution in [0.4, 0.5) is 11.4 Å². The van der Waals surface area contributed by atoms with Crippen molar-refractivity contribution in [1.82, 2.24) is 4.90 Å². The molecule has 152 valence electrons. The maximum absolute atomic E-state index is 13.3. The molecule has 1 saturated heterocycles. The van der Waals surface area contributed by atoms with E-state index in [2.05, 4.69) is 0 Å². The van der Waals surface area contributed by atoms with Crippen LogP contribution in [0.3, 0.4) is 0 Å². The number of hydrogen-bond acceptors (Lipinski definition) is 6. The number of amides is 2. The van der Waals surface area contributed by atoms with Crippen LogP contribution in [0, 0.1) is 10.1 Å². The molecule has 0 spiro atoms.